The fraction of sp³-hybridized carbons (Fsp3) is 0.348. The molecule has 0 spiro atoms. The lowest BCUT2D eigenvalue weighted by molar-refractivity contribution is -0.229. The van der Waals surface area contributed by atoms with Crippen LogP contribution in [0.15, 0.2) is 54.6 Å². The third-order valence-electron chi connectivity index (χ3n) is 5.07. The van der Waals surface area contributed by atoms with Crippen LogP contribution < -0.4 is 0 Å². The minimum Gasteiger partial charge on any atom is -0.345 e. The average Bonchev–Trinajstić information content (AvgIpc) is 3.14. The Hall–Kier alpha value is -2.50. The summed E-state index contributed by atoms with van der Waals surface area (Å²) in [6, 6.07) is 16.6. The number of halogens is 1. The first-order chi connectivity index (χ1) is 13.4. The predicted octanol–water partition coefficient (Wildman–Crippen LogP) is 5.44. The fourth-order valence-electron chi connectivity index (χ4n) is 3.42. The maximum Gasteiger partial charge on any atom is 0.217 e. The minimum atomic E-state index is -0.524. The van der Waals surface area contributed by atoms with E-state index in [1.807, 2.05) is 18.2 Å². The van der Waals surface area contributed by atoms with Crippen molar-refractivity contribution in [3.05, 3.63) is 77.5 Å². The van der Waals surface area contributed by atoms with Crippen LogP contribution in [0.3, 0.4) is 0 Å². The Bertz CT molecular complexity index is 925. The number of imidazole rings is 1. The van der Waals surface area contributed by atoms with Crippen LogP contribution >= 0.6 is 0 Å². The van der Waals surface area contributed by atoms with Crippen molar-refractivity contribution in [2.75, 3.05) is 13.2 Å². The second-order valence-corrected chi connectivity index (χ2v) is 8.14. The van der Waals surface area contributed by atoms with E-state index in [0.29, 0.717) is 19.0 Å². The molecule has 1 aromatic heterocycles. The lowest BCUT2D eigenvalue weighted by atomic mass is 9.94. The minimum absolute atomic E-state index is 0.0109. The molecule has 0 amide bonds. The molecule has 0 radical (unpaired) electrons. The van der Waals surface area contributed by atoms with Crippen molar-refractivity contribution >= 4 is 0 Å². The number of nitrogens with zero attached hydrogens (tertiary/aromatic N) is 1. The summed E-state index contributed by atoms with van der Waals surface area (Å²) in [6.07, 6.45) is -0.524. The van der Waals surface area contributed by atoms with Crippen molar-refractivity contribution in [2.45, 2.75) is 33.0 Å². The summed E-state index contributed by atoms with van der Waals surface area (Å²) < 4.78 is 25.3. The molecule has 1 unspecified atom stereocenters. The Morgan fingerprint density at radius 1 is 1.04 bits per heavy atom. The fourth-order valence-corrected chi connectivity index (χ4v) is 3.42. The highest BCUT2D eigenvalue weighted by atomic mass is 19.1. The van der Waals surface area contributed by atoms with Crippen LogP contribution in [0.5, 0.6) is 0 Å². The van der Waals surface area contributed by atoms with Crippen LogP contribution in [0.2, 0.25) is 0 Å². The molecule has 0 aliphatic carbocycles. The molecule has 2 aromatic carbocycles. The van der Waals surface area contributed by atoms with E-state index in [4.69, 9.17) is 14.5 Å². The van der Waals surface area contributed by atoms with Gasteiger partial charge in [-0.3, -0.25) is 0 Å². The monoisotopic (exact) mass is 380 g/mol. The summed E-state index contributed by atoms with van der Waals surface area (Å²) in [6.45, 7) is 7.56. The van der Waals surface area contributed by atoms with Crippen LogP contribution in [-0.2, 0) is 9.47 Å². The van der Waals surface area contributed by atoms with Crippen molar-refractivity contribution in [1.82, 2.24) is 9.97 Å². The topological polar surface area (TPSA) is 47.1 Å². The van der Waals surface area contributed by atoms with Gasteiger partial charge in [0.05, 0.1) is 24.6 Å². The molecular formula is C23H25FN2O2. The second-order valence-electron chi connectivity index (χ2n) is 8.14. The molecule has 1 aliphatic heterocycles. The highest BCUT2D eigenvalue weighted by Crippen LogP contribution is 2.36. The van der Waals surface area contributed by atoms with Crippen molar-refractivity contribution in [3.8, 4) is 11.3 Å². The van der Waals surface area contributed by atoms with E-state index in [0.717, 1.165) is 17.0 Å². The summed E-state index contributed by atoms with van der Waals surface area (Å²) in [5.74, 6) is 0.466. The number of aromatic amines is 1. The van der Waals surface area contributed by atoms with Crippen molar-refractivity contribution in [2.24, 2.45) is 5.41 Å². The Kier molecular flexibility index (Phi) is 5.04. The van der Waals surface area contributed by atoms with Crippen LogP contribution in [0.25, 0.3) is 11.3 Å². The molecule has 0 saturated carbocycles. The predicted molar refractivity (Wildman–Crippen MR) is 106 cm³/mol. The zero-order chi connectivity index (χ0) is 19.7. The maximum absolute atomic E-state index is 13.4. The normalized spacial score (nSPS) is 18.1. The molecule has 1 saturated heterocycles. The molecular weight excluding hydrogens is 355 g/mol. The number of hydrogen-bond donors (Lipinski definition) is 1. The van der Waals surface area contributed by atoms with E-state index in [1.54, 1.807) is 12.1 Å². The average molecular weight is 380 g/mol. The van der Waals surface area contributed by atoms with Gasteiger partial charge < -0.3 is 14.5 Å². The lowest BCUT2D eigenvalue weighted by Crippen LogP contribution is -2.34. The van der Waals surface area contributed by atoms with E-state index in [1.165, 1.54) is 17.7 Å². The third kappa shape index (κ3) is 3.86. The van der Waals surface area contributed by atoms with E-state index in [9.17, 15) is 4.39 Å². The third-order valence-corrected chi connectivity index (χ3v) is 5.07. The number of aromatic nitrogens is 2. The molecule has 28 heavy (non-hydrogen) atoms. The van der Waals surface area contributed by atoms with Gasteiger partial charge in [0, 0.05) is 16.9 Å². The van der Waals surface area contributed by atoms with E-state index in [2.05, 4.69) is 37.9 Å². The van der Waals surface area contributed by atoms with Gasteiger partial charge in [-0.05, 0) is 29.8 Å². The van der Waals surface area contributed by atoms with Crippen molar-refractivity contribution < 1.29 is 13.9 Å². The number of hydrogen-bond acceptors (Lipinski definition) is 3. The van der Waals surface area contributed by atoms with Gasteiger partial charge in [-0.25, -0.2) is 9.37 Å². The lowest BCUT2D eigenvalue weighted by Gasteiger charge is -2.33. The summed E-state index contributed by atoms with van der Waals surface area (Å²) in [7, 11) is 0. The van der Waals surface area contributed by atoms with Crippen LogP contribution in [-0.4, -0.2) is 23.2 Å². The second kappa shape index (κ2) is 7.49. The standard InChI is InChI=1S/C23H25FN2O2/c1-15(16-7-5-4-6-8-16)19-20(17-9-11-18(24)12-10-17)26-21(25-19)22-27-13-23(2,3)14-28-22/h4-12,15,22H,13-14H2,1-3H3,(H,25,26). The number of H-pyrrole nitrogens is 1. The largest absolute Gasteiger partial charge is 0.345 e. The van der Waals surface area contributed by atoms with Gasteiger partial charge in [0.1, 0.15) is 5.82 Å². The Morgan fingerprint density at radius 2 is 1.68 bits per heavy atom. The van der Waals surface area contributed by atoms with Crippen molar-refractivity contribution in [1.29, 1.82) is 0 Å². The van der Waals surface area contributed by atoms with Crippen LogP contribution in [0.4, 0.5) is 4.39 Å². The molecule has 2 heterocycles. The molecule has 4 rings (SSSR count). The quantitative estimate of drug-likeness (QED) is 0.656. The molecule has 146 valence electrons. The smallest absolute Gasteiger partial charge is 0.217 e. The Morgan fingerprint density at radius 3 is 2.32 bits per heavy atom. The number of rotatable bonds is 4. The van der Waals surface area contributed by atoms with Gasteiger partial charge in [0.15, 0.2) is 5.82 Å². The van der Waals surface area contributed by atoms with Gasteiger partial charge >= 0.3 is 0 Å². The maximum atomic E-state index is 13.4. The number of benzene rings is 2. The molecule has 5 heteroatoms. The summed E-state index contributed by atoms with van der Waals surface area (Å²) in [5.41, 5.74) is 3.78. The molecule has 1 fully saturated rings. The Labute approximate surface area is 164 Å². The highest BCUT2D eigenvalue weighted by molar-refractivity contribution is 5.63. The molecule has 1 atom stereocenters. The van der Waals surface area contributed by atoms with E-state index < -0.39 is 6.29 Å². The van der Waals surface area contributed by atoms with Crippen LogP contribution in [0, 0.1) is 11.2 Å². The van der Waals surface area contributed by atoms with Gasteiger partial charge in [0.2, 0.25) is 6.29 Å². The first-order valence-electron chi connectivity index (χ1n) is 9.57. The van der Waals surface area contributed by atoms with Gasteiger partial charge in [-0.15, -0.1) is 0 Å². The summed E-state index contributed by atoms with van der Waals surface area (Å²) in [4.78, 5) is 8.24. The first-order valence-corrected chi connectivity index (χ1v) is 9.57. The van der Waals surface area contributed by atoms with Gasteiger partial charge in [0.25, 0.3) is 0 Å². The number of nitrogens with one attached hydrogen (secondary N) is 1. The summed E-state index contributed by atoms with van der Waals surface area (Å²) >= 11 is 0. The van der Waals surface area contributed by atoms with Gasteiger partial charge in [-0.2, -0.15) is 0 Å². The molecule has 3 aromatic rings. The number of ether oxygens (including phenoxy) is 2. The van der Waals surface area contributed by atoms with E-state index >= 15 is 0 Å². The highest BCUT2D eigenvalue weighted by Gasteiger charge is 2.32. The SMILES string of the molecule is CC(c1ccccc1)c1[nH]c(C2OCC(C)(C)CO2)nc1-c1ccc(F)cc1. The van der Waals surface area contributed by atoms with Crippen LogP contribution in [0.1, 0.15) is 50.1 Å². The molecule has 4 nitrogen and oxygen atoms in total. The zero-order valence-corrected chi connectivity index (χ0v) is 16.4. The Balaban J connectivity index is 1.73. The molecule has 1 N–H and O–H groups in total. The zero-order valence-electron chi connectivity index (χ0n) is 16.4. The van der Waals surface area contributed by atoms with Crippen molar-refractivity contribution in [3.63, 3.8) is 0 Å². The summed E-state index contributed by atoms with van der Waals surface area (Å²) in [5, 5.41) is 0. The van der Waals surface area contributed by atoms with Gasteiger partial charge in [-0.1, -0.05) is 51.1 Å². The first kappa shape index (κ1) is 18.8. The van der Waals surface area contributed by atoms with E-state index in [-0.39, 0.29) is 17.2 Å². The molecule has 1 aliphatic rings. The molecule has 0 bridgehead atoms.